The molecule has 0 radical (unpaired) electrons. The third kappa shape index (κ3) is 6.37. The van der Waals surface area contributed by atoms with Crippen molar-refractivity contribution in [3.63, 3.8) is 0 Å². The number of benzene rings is 3. The van der Waals surface area contributed by atoms with Gasteiger partial charge in [-0.1, -0.05) is 41.9 Å². The Morgan fingerprint density at radius 1 is 1.05 bits per heavy atom. The number of fused-ring (bicyclic) bond motifs is 1. The predicted octanol–water partition coefficient (Wildman–Crippen LogP) is 5.82. The Morgan fingerprint density at radius 2 is 1.67 bits per heavy atom. The van der Waals surface area contributed by atoms with Gasteiger partial charge in [0.25, 0.3) is 15.9 Å². The summed E-state index contributed by atoms with van der Waals surface area (Å²) in [7, 11) is -4.70. The van der Waals surface area contributed by atoms with Crippen LogP contribution >= 0.6 is 11.6 Å². The normalized spacial score (nSPS) is 15.5. The zero-order chi connectivity index (χ0) is 31.0. The van der Waals surface area contributed by atoms with Crippen molar-refractivity contribution in [2.24, 2.45) is 0 Å². The summed E-state index contributed by atoms with van der Waals surface area (Å²) in [5.74, 6) is -1.72. The molecule has 0 saturated carbocycles. The highest BCUT2D eigenvalue weighted by Crippen LogP contribution is 2.34. The van der Waals surface area contributed by atoms with Crippen molar-refractivity contribution >= 4 is 45.3 Å². The number of nitrogens with one attached hydrogen (secondary N) is 1. The molecule has 2 amide bonds. The van der Waals surface area contributed by atoms with Gasteiger partial charge in [-0.3, -0.25) is 15.2 Å². The van der Waals surface area contributed by atoms with E-state index in [0.29, 0.717) is 9.87 Å². The highest BCUT2D eigenvalue weighted by atomic mass is 35.5. The molecular weight excluding hydrogens is 582 g/mol. The van der Waals surface area contributed by atoms with Crippen molar-refractivity contribution in [1.29, 1.82) is 0 Å². The van der Waals surface area contributed by atoms with Crippen LogP contribution in [-0.2, 0) is 21.2 Å². The first-order chi connectivity index (χ1) is 19.6. The van der Waals surface area contributed by atoms with Gasteiger partial charge in [-0.05, 0) is 88.6 Å². The molecule has 2 atom stereocenters. The van der Waals surface area contributed by atoms with Crippen LogP contribution in [0.3, 0.4) is 0 Å². The first-order valence-electron chi connectivity index (χ1n) is 13.2. The van der Waals surface area contributed by atoms with Crippen LogP contribution in [0.4, 0.5) is 10.5 Å². The van der Waals surface area contributed by atoms with Crippen LogP contribution in [0.5, 0.6) is 0 Å². The third-order valence-electron chi connectivity index (χ3n) is 6.72. The summed E-state index contributed by atoms with van der Waals surface area (Å²) < 4.78 is 34.2. The maximum atomic E-state index is 14.1. The molecule has 4 rings (SSSR count). The van der Waals surface area contributed by atoms with Crippen molar-refractivity contribution in [3.05, 3.63) is 94.0 Å². The van der Waals surface area contributed by atoms with Crippen LogP contribution in [0.1, 0.15) is 72.5 Å². The largest absolute Gasteiger partial charge is 0.478 e. The quantitative estimate of drug-likeness (QED) is 0.340. The molecule has 1 aliphatic rings. The molecule has 2 N–H and O–H groups in total. The number of carboxylic acid groups (broad SMARTS) is 1. The number of aromatic carboxylic acids is 1. The van der Waals surface area contributed by atoms with Crippen molar-refractivity contribution in [2.75, 3.05) is 5.01 Å². The summed E-state index contributed by atoms with van der Waals surface area (Å²) in [5.41, 5.74) is 4.07. The van der Waals surface area contributed by atoms with Gasteiger partial charge < -0.3 is 9.84 Å². The molecule has 12 heteroatoms. The highest BCUT2D eigenvalue weighted by molar-refractivity contribution is 7.89. The van der Waals surface area contributed by atoms with Gasteiger partial charge in [0.1, 0.15) is 10.5 Å². The van der Waals surface area contributed by atoms with E-state index in [-0.39, 0.29) is 22.2 Å². The fourth-order valence-electron chi connectivity index (χ4n) is 4.67. The molecular formula is C30H32ClN3O7S. The Bertz CT molecular complexity index is 1640. The van der Waals surface area contributed by atoms with Gasteiger partial charge in [0, 0.05) is 5.56 Å². The third-order valence-corrected chi connectivity index (χ3v) is 9.04. The van der Waals surface area contributed by atoms with Gasteiger partial charge in [-0.25, -0.2) is 18.0 Å². The molecule has 10 nitrogen and oxygen atoms in total. The van der Waals surface area contributed by atoms with E-state index < -0.39 is 44.5 Å². The number of nitrogens with zero attached hydrogens (tertiary/aromatic N) is 2. The van der Waals surface area contributed by atoms with Gasteiger partial charge in [-0.2, -0.15) is 4.31 Å². The number of hydrogen-bond acceptors (Lipinski definition) is 7. The highest BCUT2D eigenvalue weighted by Gasteiger charge is 2.39. The van der Waals surface area contributed by atoms with Crippen LogP contribution < -0.4 is 10.4 Å². The number of sulfonamides is 1. The lowest BCUT2D eigenvalue weighted by molar-refractivity contribution is 0.0345. The van der Waals surface area contributed by atoms with Gasteiger partial charge in [0.05, 0.1) is 28.4 Å². The van der Waals surface area contributed by atoms with E-state index in [4.69, 9.17) is 16.3 Å². The minimum Gasteiger partial charge on any atom is -0.478 e. The van der Waals surface area contributed by atoms with Crippen molar-refractivity contribution in [2.45, 2.75) is 63.6 Å². The molecule has 3 aromatic rings. The number of rotatable bonds is 7. The molecule has 0 aliphatic carbocycles. The molecule has 1 aliphatic heterocycles. The number of carbonyl (C=O) groups excluding carboxylic acids is 2. The molecule has 42 heavy (non-hydrogen) atoms. The van der Waals surface area contributed by atoms with Crippen LogP contribution in [0.15, 0.2) is 71.6 Å². The Hall–Kier alpha value is -4.09. The van der Waals surface area contributed by atoms with Gasteiger partial charge >= 0.3 is 12.1 Å². The number of carboxylic acids is 1. The second kappa shape index (κ2) is 11.7. The smallest absolute Gasteiger partial charge is 0.424 e. The topological polar surface area (TPSA) is 133 Å². The number of hydrogen-bond donors (Lipinski definition) is 2. The van der Waals surface area contributed by atoms with Crippen molar-refractivity contribution in [3.8, 4) is 0 Å². The predicted molar refractivity (Wildman–Crippen MR) is 158 cm³/mol. The summed E-state index contributed by atoms with van der Waals surface area (Å²) >= 11 is 6.37. The lowest BCUT2D eigenvalue weighted by atomic mass is 10.1. The summed E-state index contributed by atoms with van der Waals surface area (Å²) in [6.07, 6.45) is -0.432. The number of anilines is 1. The number of hydrazine groups is 1. The van der Waals surface area contributed by atoms with E-state index in [0.717, 1.165) is 23.7 Å². The van der Waals surface area contributed by atoms with E-state index in [1.165, 1.54) is 43.3 Å². The molecule has 0 bridgehead atoms. The van der Waals surface area contributed by atoms with Gasteiger partial charge in [0.15, 0.2) is 0 Å². The Morgan fingerprint density at radius 3 is 2.29 bits per heavy atom. The molecule has 3 aromatic carbocycles. The monoisotopic (exact) mass is 613 g/mol. The fraction of sp³-hybridized carbons (Fsp3) is 0.300. The zero-order valence-electron chi connectivity index (χ0n) is 23.8. The maximum absolute atomic E-state index is 14.1. The second-order valence-electron chi connectivity index (χ2n) is 11.0. The fourth-order valence-corrected chi connectivity index (χ4v) is 6.65. The van der Waals surface area contributed by atoms with Gasteiger partial charge in [0.2, 0.25) is 0 Å². The van der Waals surface area contributed by atoms with Crippen LogP contribution in [0.25, 0.3) is 0 Å². The number of amides is 2. The summed E-state index contributed by atoms with van der Waals surface area (Å²) in [6.45, 7) is 8.21. The molecule has 222 valence electrons. The Balaban J connectivity index is 1.71. The number of halogens is 1. The van der Waals surface area contributed by atoms with Crippen LogP contribution in [0, 0.1) is 0 Å². The van der Waals surface area contributed by atoms with E-state index in [1.807, 2.05) is 31.2 Å². The summed E-state index contributed by atoms with van der Waals surface area (Å²) in [6, 6.07) is 15.8. The molecule has 0 saturated heterocycles. The van der Waals surface area contributed by atoms with E-state index in [2.05, 4.69) is 5.43 Å². The summed E-state index contributed by atoms with van der Waals surface area (Å²) in [5, 5.41) is 10.8. The number of ether oxygens (including phenoxy) is 1. The minimum atomic E-state index is -4.70. The zero-order valence-corrected chi connectivity index (χ0v) is 25.4. The Labute approximate surface area is 249 Å². The SMILES string of the molecule is CC1Cc2ccccc2N1NC(=O)c1ccc(Cl)c(S(=O)(=O)N(C(=O)OC(C)(C)C)C(C)c2ccc(C(=O)O)cc2)c1. The summed E-state index contributed by atoms with van der Waals surface area (Å²) in [4.78, 5) is 37.6. The van der Waals surface area contributed by atoms with Crippen molar-refractivity contribution < 1.29 is 32.6 Å². The molecule has 1 heterocycles. The number of carbonyl (C=O) groups is 3. The first-order valence-corrected chi connectivity index (χ1v) is 15.0. The average Bonchev–Trinajstić information content (AvgIpc) is 3.22. The lowest BCUT2D eigenvalue weighted by Crippen LogP contribution is -2.45. The van der Waals surface area contributed by atoms with E-state index >= 15 is 0 Å². The standard InChI is InChI=1S/C30H32ClN3O7S/c1-18-16-22-8-6-7-9-25(22)33(18)32-27(35)23-14-15-24(31)26(17-23)42(39,40)34(29(38)41-30(3,4)5)19(2)20-10-12-21(13-11-20)28(36)37/h6-15,17-19H,16H2,1-5H3,(H,32,35)(H,36,37). The lowest BCUT2D eigenvalue weighted by Gasteiger charge is -2.31. The number of para-hydroxylation sites is 1. The average molecular weight is 614 g/mol. The second-order valence-corrected chi connectivity index (χ2v) is 13.2. The molecule has 2 unspecified atom stereocenters. The van der Waals surface area contributed by atoms with Crippen molar-refractivity contribution in [1.82, 2.24) is 9.73 Å². The minimum absolute atomic E-state index is 0.00525. The Kier molecular flexibility index (Phi) is 8.56. The van der Waals surface area contributed by atoms with E-state index in [1.54, 1.807) is 25.8 Å². The first kappa shape index (κ1) is 30.9. The van der Waals surface area contributed by atoms with Crippen LogP contribution in [0.2, 0.25) is 5.02 Å². The molecule has 0 spiro atoms. The molecule has 0 aromatic heterocycles. The van der Waals surface area contributed by atoms with Gasteiger partial charge in [-0.15, -0.1) is 0 Å². The van der Waals surface area contributed by atoms with Crippen LogP contribution in [-0.4, -0.2) is 47.4 Å². The van der Waals surface area contributed by atoms with E-state index in [9.17, 15) is 27.9 Å². The molecule has 0 fully saturated rings. The maximum Gasteiger partial charge on any atom is 0.424 e.